The Morgan fingerprint density at radius 3 is 2.76 bits per heavy atom. The van der Waals surface area contributed by atoms with Crippen LogP contribution in [0.4, 0.5) is 0 Å². The zero-order valence-electron chi connectivity index (χ0n) is 14.3. The summed E-state index contributed by atoms with van der Waals surface area (Å²) in [5, 5.41) is 10.5. The van der Waals surface area contributed by atoms with Crippen LogP contribution in [-0.4, -0.2) is 28.0 Å². The molecule has 0 unspecified atom stereocenters. The van der Waals surface area contributed by atoms with Crippen molar-refractivity contribution in [3.63, 3.8) is 0 Å². The van der Waals surface area contributed by atoms with E-state index in [0.717, 1.165) is 29.1 Å². The monoisotopic (exact) mass is 339 g/mol. The highest BCUT2D eigenvalue weighted by Crippen LogP contribution is 2.22. The summed E-state index contributed by atoms with van der Waals surface area (Å²) in [6, 6.07) is 7.91. The zero-order valence-corrected chi connectivity index (χ0v) is 14.3. The highest BCUT2D eigenvalue weighted by molar-refractivity contribution is 6.06. The third-order valence-corrected chi connectivity index (χ3v) is 3.55. The van der Waals surface area contributed by atoms with E-state index in [1.54, 1.807) is 13.0 Å². The van der Waals surface area contributed by atoms with Crippen LogP contribution in [0.25, 0.3) is 17.0 Å². The summed E-state index contributed by atoms with van der Waals surface area (Å²) >= 11 is 0. The Morgan fingerprint density at radius 2 is 2.04 bits per heavy atom. The van der Waals surface area contributed by atoms with Gasteiger partial charge in [-0.15, -0.1) is 0 Å². The predicted octanol–water partition coefficient (Wildman–Crippen LogP) is 3.80. The molecule has 25 heavy (non-hydrogen) atoms. The maximum Gasteiger partial charge on any atom is 0.373 e. The molecular weight excluding hydrogens is 318 g/mol. The van der Waals surface area contributed by atoms with Crippen molar-refractivity contribution < 1.29 is 19.4 Å². The lowest BCUT2D eigenvalue weighted by Crippen LogP contribution is -2.08. The Morgan fingerprint density at radius 1 is 1.28 bits per heavy atom. The Hall–Kier alpha value is -3.08. The summed E-state index contributed by atoms with van der Waals surface area (Å²) in [5.41, 5.74) is 1.95. The minimum atomic E-state index is -0.910. The number of benzene rings is 1. The summed E-state index contributed by atoms with van der Waals surface area (Å²) in [6.07, 6.45) is 9.84. The van der Waals surface area contributed by atoms with Crippen molar-refractivity contribution in [3.05, 3.63) is 66.1 Å². The van der Waals surface area contributed by atoms with E-state index in [2.05, 4.69) is 9.30 Å². The number of aliphatic hydroxyl groups is 1. The molecular formula is C20H21NO4. The number of hydrogen-bond acceptors (Lipinski definition) is 4. The van der Waals surface area contributed by atoms with Gasteiger partial charge in [0, 0.05) is 35.3 Å². The highest BCUT2D eigenvalue weighted by Gasteiger charge is 2.10. The van der Waals surface area contributed by atoms with E-state index < -0.39 is 17.5 Å². The standard InChI is InChI=1S/C20H21NO4/c1-3-5-12-21-14-15(17-8-6-7-9-18(17)21)10-11-16(22)13-19(23)20(24)25-4-2/h3,5-11,13-14,23H,4,12H2,1-2H3/b5-3+,11-10+,19-13-. The smallest absolute Gasteiger partial charge is 0.373 e. The molecule has 130 valence electrons. The molecule has 0 atom stereocenters. The third kappa shape index (κ3) is 4.70. The van der Waals surface area contributed by atoms with E-state index in [-0.39, 0.29) is 6.61 Å². The number of nitrogens with zero attached hydrogens (tertiary/aromatic N) is 1. The second-order valence-electron chi connectivity index (χ2n) is 5.31. The molecule has 0 amide bonds. The van der Waals surface area contributed by atoms with Gasteiger partial charge < -0.3 is 14.4 Å². The number of allylic oxidation sites excluding steroid dienone is 4. The molecule has 1 aromatic heterocycles. The van der Waals surface area contributed by atoms with Crippen LogP contribution in [0.15, 0.2) is 60.5 Å². The van der Waals surface area contributed by atoms with Crippen LogP contribution in [-0.2, 0) is 20.9 Å². The number of hydrogen-bond donors (Lipinski definition) is 1. The summed E-state index contributed by atoms with van der Waals surface area (Å²) in [7, 11) is 0. The summed E-state index contributed by atoms with van der Waals surface area (Å²) in [6.45, 7) is 4.46. The van der Waals surface area contributed by atoms with E-state index >= 15 is 0 Å². The Bertz CT molecular complexity index is 856. The maximum atomic E-state index is 11.9. The first-order valence-electron chi connectivity index (χ1n) is 8.05. The Labute approximate surface area is 146 Å². The molecule has 0 spiro atoms. The Balaban J connectivity index is 2.24. The van der Waals surface area contributed by atoms with Crippen molar-refractivity contribution in [1.82, 2.24) is 4.57 Å². The number of aliphatic hydroxyl groups excluding tert-OH is 1. The quantitative estimate of drug-likeness (QED) is 0.360. The van der Waals surface area contributed by atoms with E-state index in [9.17, 15) is 14.7 Å². The summed E-state index contributed by atoms with van der Waals surface area (Å²) in [4.78, 5) is 23.2. The van der Waals surface area contributed by atoms with Gasteiger partial charge in [0.25, 0.3) is 0 Å². The van der Waals surface area contributed by atoms with Gasteiger partial charge in [0.1, 0.15) is 0 Å². The molecule has 5 heteroatoms. The fraction of sp³-hybridized carbons (Fsp3) is 0.200. The minimum Gasteiger partial charge on any atom is -0.502 e. The normalized spacial score (nSPS) is 12.3. The lowest BCUT2D eigenvalue weighted by atomic mass is 10.1. The molecule has 1 heterocycles. The number of esters is 1. The summed E-state index contributed by atoms with van der Waals surface area (Å²) < 4.78 is 6.71. The second kappa shape index (κ2) is 8.68. The molecule has 1 aromatic carbocycles. The van der Waals surface area contributed by atoms with Crippen molar-refractivity contribution in [3.8, 4) is 0 Å². The van der Waals surface area contributed by atoms with Crippen LogP contribution in [0, 0.1) is 0 Å². The lowest BCUT2D eigenvalue weighted by molar-refractivity contribution is -0.141. The molecule has 2 aromatic rings. The number of carbonyl (C=O) groups excluding carboxylic acids is 2. The number of carbonyl (C=O) groups is 2. The first-order chi connectivity index (χ1) is 12.1. The molecule has 0 saturated heterocycles. The van der Waals surface area contributed by atoms with Gasteiger partial charge >= 0.3 is 5.97 Å². The molecule has 2 rings (SSSR count). The van der Waals surface area contributed by atoms with Crippen LogP contribution < -0.4 is 0 Å². The van der Waals surface area contributed by atoms with Crippen LogP contribution in [0.1, 0.15) is 19.4 Å². The van der Waals surface area contributed by atoms with Crippen molar-refractivity contribution in [2.24, 2.45) is 0 Å². The first-order valence-corrected chi connectivity index (χ1v) is 8.05. The van der Waals surface area contributed by atoms with Gasteiger partial charge in [-0.2, -0.15) is 0 Å². The van der Waals surface area contributed by atoms with Crippen LogP contribution >= 0.6 is 0 Å². The maximum absolute atomic E-state index is 11.9. The molecule has 5 nitrogen and oxygen atoms in total. The molecule has 0 fully saturated rings. The highest BCUT2D eigenvalue weighted by atomic mass is 16.5. The predicted molar refractivity (Wildman–Crippen MR) is 98.1 cm³/mol. The molecule has 0 aliphatic heterocycles. The molecule has 0 saturated carbocycles. The van der Waals surface area contributed by atoms with E-state index in [4.69, 9.17) is 0 Å². The van der Waals surface area contributed by atoms with E-state index in [0.29, 0.717) is 0 Å². The van der Waals surface area contributed by atoms with Gasteiger partial charge in [0.15, 0.2) is 5.78 Å². The summed E-state index contributed by atoms with van der Waals surface area (Å²) in [5.74, 6) is -2.10. The molecule has 0 bridgehead atoms. The van der Waals surface area contributed by atoms with Gasteiger partial charge in [-0.25, -0.2) is 4.79 Å². The average molecular weight is 339 g/mol. The van der Waals surface area contributed by atoms with Crippen molar-refractivity contribution in [2.75, 3.05) is 6.61 Å². The van der Waals surface area contributed by atoms with E-state index in [1.165, 1.54) is 6.08 Å². The van der Waals surface area contributed by atoms with Crippen molar-refractivity contribution in [1.29, 1.82) is 0 Å². The van der Waals surface area contributed by atoms with Gasteiger partial charge in [0.05, 0.1) is 6.61 Å². The molecule has 0 aliphatic carbocycles. The fourth-order valence-corrected chi connectivity index (χ4v) is 2.40. The number of fused-ring (bicyclic) bond motifs is 1. The number of ether oxygens (including phenoxy) is 1. The molecule has 0 aliphatic rings. The van der Waals surface area contributed by atoms with Crippen molar-refractivity contribution >= 4 is 28.7 Å². The number of para-hydroxylation sites is 1. The van der Waals surface area contributed by atoms with Crippen LogP contribution in [0.3, 0.4) is 0 Å². The first kappa shape index (κ1) is 18.3. The zero-order chi connectivity index (χ0) is 18.2. The van der Waals surface area contributed by atoms with Crippen LogP contribution in [0.5, 0.6) is 0 Å². The third-order valence-electron chi connectivity index (χ3n) is 3.55. The van der Waals surface area contributed by atoms with Gasteiger partial charge in [0.2, 0.25) is 5.76 Å². The fourth-order valence-electron chi connectivity index (χ4n) is 2.40. The van der Waals surface area contributed by atoms with Gasteiger partial charge in [-0.05, 0) is 32.1 Å². The minimum absolute atomic E-state index is 0.131. The van der Waals surface area contributed by atoms with Crippen molar-refractivity contribution in [2.45, 2.75) is 20.4 Å². The SMILES string of the molecule is C/C=C/Cn1cc(/C=C/C(=O)/C=C(\O)C(=O)OCC)c2ccccc21. The second-order valence-corrected chi connectivity index (χ2v) is 5.31. The Kier molecular flexibility index (Phi) is 6.34. The lowest BCUT2D eigenvalue weighted by Gasteiger charge is -1.99. The largest absolute Gasteiger partial charge is 0.502 e. The molecule has 0 radical (unpaired) electrons. The van der Waals surface area contributed by atoms with Crippen LogP contribution in [0.2, 0.25) is 0 Å². The number of rotatable bonds is 7. The van der Waals surface area contributed by atoms with Gasteiger partial charge in [-0.3, -0.25) is 4.79 Å². The molecule has 1 N–H and O–H groups in total. The van der Waals surface area contributed by atoms with Gasteiger partial charge in [-0.1, -0.05) is 30.4 Å². The number of ketones is 1. The topological polar surface area (TPSA) is 68.5 Å². The number of aromatic nitrogens is 1. The van der Waals surface area contributed by atoms with E-state index in [1.807, 2.05) is 49.5 Å². The average Bonchev–Trinajstić information content (AvgIpc) is 2.96.